The quantitative estimate of drug-likeness (QED) is 0.398. The fraction of sp³-hybridized carbons (Fsp3) is 0.286. The number of thiazole rings is 1. The van der Waals surface area contributed by atoms with Gasteiger partial charge in [0, 0.05) is 18.5 Å². The zero-order chi connectivity index (χ0) is 20.1. The first-order chi connectivity index (χ1) is 14.2. The molecular weight excluding hydrogens is 427 g/mol. The molecule has 0 amide bonds. The van der Waals surface area contributed by atoms with Gasteiger partial charge in [0.15, 0.2) is 0 Å². The van der Waals surface area contributed by atoms with Crippen LogP contribution in [0.25, 0.3) is 0 Å². The predicted octanol–water partition coefficient (Wildman–Crippen LogP) is 5.92. The van der Waals surface area contributed by atoms with Gasteiger partial charge < -0.3 is 14.9 Å². The largest absolute Gasteiger partial charge is 0.380 e. The second-order valence-electron chi connectivity index (χ2n) is 6.91. The van der Waals surface area contributed by atoms with Crippen LogP contribution < -0.4 is 10.0 Å². The summed E-state index contributed by atoms with van der Waals surface area (Å²) in [6.45, 7) is 4.11. The van der Waals surface area contributed by atoms with Crippen molar-refractivity contribution in [1.82, 2.24) is 9.88 Å². The molecule has 0 unspecified atom stereocenters. The average Bonchev–Trinajstić information content (AvgIpc) is 3.20. The van der Waals surface area contributed by atoms with E-state index in [2.05, 4.69) is 38.1 Å². The maximum atomic E-state index is 14.5. The second-order valence-corrected chi connectivity index (χ2v) is 8.88. The molecule has 2 heterocycles. The molecule has 152 valence electrons. The van der Waals surface area contributed by atoms with E-state index in [1.807, 2.05) is 11.4 Å². The lowest BCUT2D eigenvalue weighted by Gasteiger charge is -2.30. The van der Waals surface area contributed by atoms with Crippen LogP contribution in [0.5, 0.6) is 0 Å². The molecule has 1 aliphatic heterocycles. The number of anilines is 2. The summed E-state index contributed by atoms with van der Waals surface area (Å²) < 4.78 is 17.6. The number of aromatic nitrogens is 1. The fourth-order valence-corrected chi connectivity index (χ4v) is 4.67. The first kappa shape index (κ1) is 20.5. The zero-order valence-electron chi connectivity index (χ0n) is 15.8. The Labute approximate surface area is 183 Å². The van der Waals surface area contributed by atoms with Crippen molar-refractivity contribution in [3.8, 4) is 0 Å². The number of nitrogens with one attached hydrogen (secondary N) is 2. The van der Waals surface area contributed by atoms with E-state index in [-0.39, 0.29) is 5.82 Å². The summed E-state index contributed by atoms with van der Waals surface area (Å²) in [6.07, 6.45) is 2.33. The third-order valence-corrected chi connectivity index (χ3v) is 6.70. The number of likely N-dealkylation sites (tertiary alicyclic amines) is 1. The van der Waals surface area contributed by atoms with Gasteiger partial charge in [-0.1, -0.05) is 35.9 Å². The Kier molecular flexibility index (Phi) is 6.92. The van der Waals surface area contributed by atoms with Gasteiger partial charge in [-0.15, -0.1) is 11.3 Å². The van der Waals surface area contributed by atoms with Crippen molar-refractivity contribution in [2.75, 3.05) is 29.7 Å². The Morgan fingerprint density at radius 2 is 2.03 bits per heavy atom. The first-order valence-electron chi connectivity index (χ1n) is 9.52. The van der Waals surface area contributed by atoms with Crippen LogP contribution in [0.3, 0.4) is 0 Å². The van der Waals surface area contributed by atoms with Gasteiger partial charge in [0.1, 0.15) is 11.6 Å². The van der Waals surface area contributed by atoms with Crippen LogP contribution in [0.15, 0.2) is 52.2 Å². The molecule has 3 aromatic rings. The maximum absolute atomic E-state index is 14.5. The van der Waals surface area contributed by atoms with Crippen molar-refractivity contribution in [2.24, 2.45) is 0 Å². The summed E-state index contributed by atoms with van der Waals surface area (Å²) >= 11 is 9.05. The lowest BCUT2D eigenvalue weighted by molar-refractivity contribution is 0.184. The minimum atomic E-state index is -0.323. The lowest BCUT2D eigenvalue weighted by Crippen LogP contribution is -2.38. The van der Waals surface area contributed by atoms with Crippen LogP contribution in [-0.2, 0) is 13.0 Å². The summed E-state index contributed by atoms with van der Waals surface area (Å²) in [7, 11) is 0. The van der Waals surface area contributed by atoms with Gasteiger partial charge in [0.25, 0.3) is 0 Å². The van der Waals surface area contributed by atoms with Gasteiger partial charge in [-0.25, -0.2) is 9.37 Å². The molecule has 29 heavy (non-hydrogen) atoms. The molecule has 0 aliphatic carbocycles. The van der Waals surface area contributed by atoms with E-state index in [1.165, 1.54) is 48.0 Å². The molecule has 4 rings (SSSR count). The zero-order valence-corrected chi connectivity index (χ0v) is 18.2. The molecule has 8 heteroatoms. The number of halogens is 2. The van der Waals surface area contributed by atoms with Gasteiger partial charge in [-0.2, -0.15) is 0 Å². The SMILES string of the molecule is Fc1cc(NCc2ccccc2CCN2CCC2)c(Cl)cc1SNc1cscn1. The Hall–Kier alpha value is -1.80. The fourth-order valence-electron chi connectivity index (χ4n) is 3.16. The van der Waals surface area contributed by atoms with E-state index in [0.29, 0.717) is 28.0 Å². The van der Waals surface area contributed by atoms with Crippen molar-refractivity contribution < 1.29 is 4.39 Å². The van der Waals surface area contributed by atoms with Gasteiger partial charge in [0.2, 0.25) is 0 Å². The van der Waals surface area contributed by atoms with Gasteiger partial charge in [0.05, 0.1) is 21.1 Å². The van der Waals surface area contributed by atoms with Crippen molar-refractivity contribution in [3.05, 3.63) is 69.3 Å². The summed E-state index contributed by atoms with van der Waals surface area (Å²) in [5.41, 5.74) is 4.86. The summed E-state index contributed by atoms with van der Waals surface area (Å²) in [5.74, 6) is 0.378. The lowest BCUT2D eigenvalue weighted by atomic mass is 10.0. The van der Waals surface area contributed by atoms with Gasteiger partial charge >= 0.3 is 0 Å². The molecule has 0 spiro atoms. The van der Waals surface area contributed by atoms with Crippen LogP contribution >= 0.6 is 34.9 Å². The standard InChI is InChI=1S/C21H22ClFN4S2/c22-17-10-20(29-26-21-13-28-14-25-21)18(23)11-19(17)24-12-16-5-2-1-4-15(16)6-9-27-7-3-8-27/h1-2,4-5,10-11,13-14,24,26H,3,6-9,12H2. The highest BCUT2D eigenvalue weighted by molar-refractivity contribution is 8.00. The first-order valence-corrected chi connectivity index (χ1v) is 11.7. The Morgan fingerprint density at radius 3 is 2.76 bits per heavy atom. The minimum Gasteiger partial charge on any atom is -0.380 e. The molecule has 4 nitrogen and oxygen atoms in total. The van der Waals surface area contributed by atoms with E-state index in [0.717, 1.165) is 24.9 Å². The van der Waals surface area contributed by atoms with Crippen molar-refractivity contribution in [3.63, 3.8) is 0 Å². The van der Waals surface area contributed by atoms with E-state index < -0.39 is 0 Å². The molecule has 0 saturated carbocycles. The topological polar surface area (TPSA) is 40.2 Å². The summed E-state index contributed by atoms with van der Waals surface area (Å²) in [6, 6.07) is 11.5. The number of hydrogen-bond donors (Lipinski definition) is 2. The van der Waals surface area contributed by atoms with E-state index in [4.69, 9.17) is 11.6 Å². The number of hydrogen-bond acceptors (Lipinski definition) is 6. The molecule has 1 saturated heterocycles. The van der Waals surface area contributed by atoms with E-state index in [1.54, 1.807) is 11.6 Å². The Balaban J connectivity index is 1.38. The van der Waals surface area contributed by atoms with Gasteiger partial charge in [-0.3, -0.25) is 0 Å². The third kappa shape index (κ3) is 5.42. The van der Waals surface area contributed by atoms with Crippen LogP contribution in [-0.4, -0.2) is 29.5 Å². The second kappa shape index (κ2) is 9.80. The monoisotopic (exact) mass is 448 g/mol. The highest BCUT2D eigenvalue weighted by Crippen LogP contribution is 2.32. The highest BCUT2D eigenvalue weighted by Gasteiger charge is 2.14. The van der Waals surface area contributed by atoms with E-state index >= 15 is 0 Å². The predicted molar refractivity (Wildman–Crippen MR) is 122 cm³/mol. The summed E-state index contributed by atoms with van der Waals surface area (Å²) in [4.78, 5) is 7.02. The molecule has 0 atom stereocenters. The number of benzene rings is 2. The molecule has 1 aliphatic rings. The van der Waals surface area contributed by atoms with Crippen molar-refractivity contribution >= 4 is 46.4 Å². The maximum Gasteiger partial charge on any atom is 0.147 e. The molecule has 2 N–H and O–H groups in total. The van der Waals surface area contributed by atoms with Crippen LogP contribution in [0, 0.1) is 5.82 Å². The third-order valence-electron chi connectivity index (χ3n) is 4.95. The van der Waals surface area contributed by atoms with E-state index in [9.17, 15) is 4.39 Å². The molecule has 2 aromatic carbocycles. The van der Waals surface area contributed by atoms with Crippen LogP contribution in [0.4, 0.5) is 15.9 Å². The number of nitrogens with zero attached hydrogens (tertiary/aromatic N) is 2. The van der Waals surface area contributed by atoms with Crippen LogP contribution in [0.1, 0.15) is 17.5 Å². The Morgan fingerprint density at radius 1 is 1.21 bits per heavy atom. The van der Waals surface area contributed by atoms with Crippen molar-refractivity contribution in [2.45, 2.75) is 24.3 Å². The summed E-state index contributed by atoms with van der Waals surface area (Å²) in [5, 5.41) is 5.65. The van der Waals surface area contributed by atoms with Gasteiger partial charge in [-0.05, 0) is 61.1 Å². The molecule has 1 fully saturated rings. The minimum absolute atomic E-state index is 0.323. The molecule has 0 bridgehead atoms. The highest BCUT2D eigenvalue weighted by atomic mass is 35.5. The average molecular weight is 449 g/mol. The molecule has 1 aromatic heterocycles. The molecular formula is C21H22ClFN4S2. The number of rotatable bonds is 9. The molecule has 0 radical (unpaired) electrons. The normalized spacial score (nSPS) is 13.9. The van der Waals surface area contributed by atoms with Crippen LogP contribution in [0.2, 0.25) is 5.02 Å². The Bertz CT molecular complexity index is 948. The smallest absolute Gasteiger partial charge is 0.147 e. The van der Waals surface area contributed by atoms with Crippen molar-refractivity contribution in [1.29, 1.82) is 0 Å².